The van der Waals surface area contributed by atoms with E-state index in [1.54, 1.807) is 6.92 Å². The lowest BCUT2D eigenvalue weighted by molar-refractivity contribution is 0.208. The number of hydrogen-bond acceptors (Lipinski definition) is 6. The number of aliphatic hydroxyl groups excluding tert-OH is 1. The number of anilines is 2. The molecule has 3 N–H and O–H groups in total. The van der Waals surface area contributed by atoms with E-state index in [0.717, 1.165) is 65.7 Å². The van der Waals surface area contributed by atoms with E-state index in [1.165, 1.54) is 0 Å². The molecular weight excluding hydrogens is 374 g/mol. The monoisotopic (exact) mass is 413 g/mol. The zero-order valence-electron chi connectivity index (χ0n) is 19.7. The van der Waals surface area contributed by atoms with Gasteiger partial charge in [0.05, 0.1) is 23.2 Å². The van der Waals surface area contributed by atoms with Crippen LogP contribution in [0.4, 0.5) is 11.6 Å². The Hall–Kier alpha value is -2.21. The minimum atomic E-state index is -0.461. The quantitative estimate of drug-likeness (QED) is 0.471. The molecule has 0 saturated heterocycles. The number of aromatic nitrogens is 3. The van der Waals surface area contributed by atoms with Crippen molar-refractivity contribution < 1.29 is 5.11 Å². The molecular formula is C24H39N5O. The lowest BCUT2D eigenvalue weighted by Crippen LogP contribution is -2.21. The second-order valence-electron chi connectivity index (χ2n) is 8.20. The average molecular weight is 414 g/mol. The van der Waals surface area contributed by atoms with Gasteiger partial charge in [0, 0.05) is 23.8 Å². The van der Waals surface area contributed by atoms with Crippen molar-refractivity contribution in [2.45, 2.75) is 92.2 Å². The van der Waals surface area contributed by atoms with Crippen LogP contribution in [0, 0.1) is 0 Å². The molecule has 6 nitrogen and oxygen atoms in total. The number of aryl methyl sites for hydroxylation is 2. The van der Waals surface area contributed by atoms with Crippen molar-refractivity contribution in [3.05, 3.63) is 29.2 Å². The molecule has 0 fully saturated rings. The topological polar surface area (TPSA) is 83.0 Å². The molecule has 1 unspecified atom stereocenters. The van der Waals surface area contributed by atoms with Crippen LogP contribution >= 0.6 is 0 Å². The third-order valence-electron chi connectivity index (χ3n) is 5.36. The molecule has 6 heteroatoms. The maximum atomic E-state index is 9.78. The zero-order valence-corrected chi connectivity index (χ0v) is 19.7. The van der Waals surface area contributed by atoms with E-state index in [9.17, 15) is 5.11 Å². The molecule has 0 bridgehead atoms. The zero-order chi connectivity index (χ0) is 22.3. The van der Waals surface area contributed by atoms with E-state index in [-0.39, 0.29) is 0 Å². The van der Waals surface area contributed by atoms with Gasteiger partial charge in [-0.3, -0.25) is 0 Å². The van der Waals surface area contributed by atoms with Crippen LogP contribution in [0.5, 0.6) is 0 Å². The standard InChI is InChI=1S/C24H39N5O/c1-8-17(9-2)26-24-20(11-4)27-22(19(10-3)28-24)18-12-13-21(15(5)6)29-23(18)25-14-16(7)30/h12-13,15-17,30H,8-11,14H2,1-7H3,(H,25,29)(H,26,28). The van der Waals surface area contributed by atoms with Crippen molar-refractivity contribution in [3.63, 3.8) is 0 Å². The Morgan fingerprint density at radius 1 is 0.867 bits per heavy atom. The highest BCUT2D eigenvalue weighted by Gasteiger charge is 2.19. The lowest BCUT2D eigenvalue weighted by Gasteiger charge is -2.21. The number of aliphatic hydroxyl groups is 1. The van der Waals surface area contributed by atoms with Crippen molar-refractivity contribution in [1.82, 2.24) is 15.0 Å². The first-order chi connectivity index (χ1) is 14.3. The Morgan fingerprint density at radius 3 is 2.07 bits per heavy atom. The van der Waals surface area contributed by atoms with Crippen LogP contribution in [0.25, 0.3) is 11.3 Å². The SMILES string of the molecule is CCc1nc(-c2ccc(C(C)C)nc2NCC(C)O)c(CC)nc1NC(CC)CC. The van der Waals surface area contributed by atoms with E-state index >= 15 is 0 Å². The number of nitrogens with one attached hydrogen (secondary N) is 2. The molecule has 0 radical (unpaired) electrons. The van der Waals surface area contributed by atoms with Crippen molar-refractivity contribution in [2.24, 2.45) is 0 Å². The minimum absolute atomic E-state index is 0.320. The van der Waals surface area contributed by atoms with Crippen LogP contribution in [-0.2, 0) is 12.8 Å². The summed E-state index contributed by atoms with van der Waals surface area (Å²) in [5, 5.41) is 16.7. The lowest BCUT2D eigenvalue weighted by atomic mass is 10.0. The molecule has 166 valence electrons. The Morgan fingerprint density at radius 2 is 1.53 bits per heavy atom. The molecule has 0 spiro atoms. The summed E-state index contributed by atoms with van der Waals surface area (Å²) in [5.74, 6) is 1.98. The van der Waals surface area contributed by atoms with Crippen LogP contribution in [0.1, 0.15) is 84.3 Å². The molecule has 30 heavy (non-hydrogen) atoms. The predicted molar refractivity (Wildman–Crippen MR) is 126 cm³/mol. The first-order valence-corrected chi connectivity index (χ1v) is 11.4. The highest BCUT2D eigenvalue weighted by Crippen LogP contribution is 2.31. The van der Waals surface area contributed by atoms with Crippen molar-refractivity contribution in [1.29, 1.82) is 0 Å². The van der Waals surface area contributed by atoms with Gasteiger partial charge in [-0.15, -0.1) is 0 Å². The van der Waals surface area contributed by atoms with Crippen LogP contribution in [-0.4, -0.2) is 38.7 Å². The second-order valence-corrected chi connectivity index (χ2v) is 8.20. The molecule has 2 heterocycles. The van der Waals surface area contributed by atoms with Gasteiger partial charge in [-0.05, 0) is 50.7 Å². The molecule has 1 atom stereocenters. The summed E-state index contributed by atoms with van der Waals surface area (Å²) >= 11 is 0. The van der Waals surface area contributed by atoms with E-state index in [2.05, 4.69) is 64.3 Å². The smallest absolute Gasteiger partial charge is 0.148 e. The molecule has 0 saturated carbocycles. The number of rotatable bonds is 11. The number of pyridine rings is 1. The summed E-state index contributed by atoms with van der Waals surface area (Å²) in [6.07, 6.45) is 3.24. The molecule has 0 aliphatic carbocycles. The van der Waals surface area contributed by atoms with E-state index in [0.29, 0.717) is 18.5 Å². The number of nitrogens with zero attached hydrogens (tertiary/aromatic N) is 3. The van der Waals surface area contributed by atoms with Gasteiger partial charge in [-0.1, -0.05) is 41.5 Å². The molecule has 2 aromatic heterocycles. The highest BCUT2D eigenvalue weighted by atomic mass is 16.3. The van der Waals surface area contributed by atoms with Gasteiger partial charge in [0.2, 0.25) is 0 Å². The summed E-state index contributed by atoms with van der Waals surface area (Å²) in [7, 11) is 0. The van der Waals surface area contributed by atoms with Crippen molar-refractivity contribution >= 4 is 11.6 Å². The van der Waals surface area contributed by atoms with E-state index in [1.807, 2.05) is 0 Å². The molecule has 2 rings (SSSR count). The van der Waals surface area contributed by atoms with Gasteiger partial charge in [-0.2, -0.15) is 0 Å². The van der Waals surface area contributed by atoms with E-state index < -0.39 is 6.10 Å². The fourth-order valence-corrected chi connectivity index (χ4v) is 3.38. The van der Waals surface area contributed by atoms with Crippen molar-refractivity contribution in [2.75, 3.05) is 17.2 Å². The van der Waals surface area contributed by atoms with Crippen LogP contribution in [0.15, 0.2) is 12.1 Å². The molecule has 0 aromatic carbocycles. The average Bonchev–Trinajstić information content (AvgIpc) is 2.75. The third-order valence-corrected chi connectivity index (χ3v) is 5.36. The maximum Gasteiger partial charge on any atom is 0.148 e. The normalized spacial score (nSPS) is 12.5. The Bertz CT molecular complexity index is 815. The highest BCUT2D eigenvalue weighted by molar-refractivity contribution is 5.75. The fraction of sp³-hybridized carbons (Fsp3) is 0.625. The second kappa shape index (κ2) is 11.3. The van der Waals surface area contributed by atoms with Gasteiger partial charge in [0.1, 0.15) is 11.6 Å². The Kier molecular flexibility index (Phi) is 9.03. The van der Waals surface area contributed by atoms with Gasteiger partial charge in [0.15, 0.2) is 0 Å². The van der Waals surface area contributed by atoms with Crippen LogP contribution in [0.3, 0.4) is 0 Å². The van der Waals surface area contributed by atoms with Crippen molar-refractivity contribution in [3.8, 4) is 11.3 Å². The molecule has 0 aliphatic rings. The largest absolute Gasteiger partial charge is 0.392 e. The summed E-state index contributed by atoms with van der Waals surface area (Å²) in [6.45, 7) is 15.1. The summed E-state index contributed by atoms with van der Waals surface area (Å²) in [6, 6.07) is 4.55. The summed E-state index contributed by atoms with van der Waals surface area (Å²) in [4.78, 5) is 14.9. The molecule has 2 aromatic rings. The summed E-state index contributed by atoms with van der Waals surface area (Å²) in [5.41, 5.74) is 4.76. The first kappa shape index (κ1) is 24.1. The summed E-state index contributed by atoms with van der Waals surface area (Å²) < 4.78 is 0. The Balaban J connectivity index is 2.58. The fourth-order valence-electron chi connectivity index (χ4n) is 3.38. The molecule has 0 aliphatic heterocycles. The van der Waals surface area contributed by atoms with Gasteiger partial charge < -0.3 is 15.7 Å². The van der Waals surface area contributed by atoms with Gasteiger partial charge in [0.25, 0.3) is 0 Å². The minimum Gasteiger partial charge on any atom is -0.392 e. The first-order valence-electron chi connectivity index (χ1n) is 11.4. The van der Waals surface area contributed by atoms with Crippen LogP contribution < -0.4 is 10.6 Å². The van der Waals surface area contributed by atoms with Gasteiger partial charge in [-0.25, -0.2) is 15.0 Å². The van der Waals surface area contributed by atoms with Gasteiger partial charge >= 0.3 is 0 Å². The molecule has 0 amide bonds. The third kappa shape index (κ3) is 5.91. The predicted octanol–water partition coefficient (Wildman–Crippen LogP) is 5.18. The van der Waals surface area contributed by atoms with E-state index in [4.69, 9.17) is 15.0 Å². The maximum absolute atomic E-state index is 9.78. The Labute approximate surface area is 182 Å². The number of hydrogen-bond donors (Lipinski definition) is 3. The van der Waals surface area contributed by atoms with Crippen LogP contribution in [0.2, 0.25) is 0 Å².